The van der Waals surface area contributed by atoms with Crippen LogP contribution in [0.3, 0.4) is 0 Å². The van der Waals surface area contributed by atoms with Crippen molar-refractivity contribution in [2.45, 2.75) is 87.6 Å². The van der Waals surface area contributed by atoms with Crippen LogP contribution in [0.15, 0.2) is 53.4 Å². The molecule has 1 aliphatic carbocycles. The summed E-state index contributed by atoms with van der Waals surface area (Å²) in [6.45, 7) is 8.35. The maximum Gasteiger partial charge on any atom is 0.306 e. The van der Waals surface area contributed by atoms with E-state index in [2.05, 4.69) is 0 Å². The third-order valence-corrected chi connectivity index (χ3v) is 9.09. The summed E-state index contributed by atoms with van der Waals surface area (Å²) < 4.78 is 60.0. The van der Waals surface area contributed by atoms with E-state index in [1.165, 1.54) is 26.0 Å². The van der Waals surface area contributed by atoms with Crippen molar-refractivity contribution in [3.05, 3.63) is 65.5 Å². The Morgan fingerprint density at radius 1 is 0.971 bits per heavy atom. The number of ether oxygens (including phenoxy) is 1. The SMILES string of the molecule is CC(C)(C)OC(=O)CC1CCC(c2ccc(C(C)(C)F)cc2)(S(=O)(=O)c2ccc(F)cc2)CC1. The first kappa shape index (κ1) is 26.3. The average molecular weight is 493 g/mol. The fourth-order valence-corrected chi connectivity index (χ4v) is 6.85. The number of hydrogen-bond donors (Lipinski definition) is 0. The quantitative estimate of drug-likeness (QED) is 0.336. The van der Waals surface area contributed by atoms with Crippen molar-refractivity contribution >= 4 is 15.8 Å². The second-order valence-corrected chi connectivity index (χ2v) is 13.0. The minimum Gasteiger partial charge on any atom is -0.460 e. The summed E-state index contributed by atoms with van der Waals surface area (Å²) >= 11 is 0. The molecule has 2 aromatic rings. The fraction of sp³-hybridized carbons (Fsp3) is 0.519. The monoisotopic (exact) mass is 492 g/mol. The van der Waals surface area contributed by atoms with E-state index in [4.69, 9.17) is 4.74 Å². The Morgan fingerprint density at radius 3 is 1.97 bits per heavy atom. The van der Waals surface area contributed by atoms with Crippen molar-refractivity contribution in [2.75, 3.05) is 0 Å². The third kappa shape index (κ3) is 5.68. The van der Waals surface area contributed by atoms with E-state index in [0.717, 1.165) is 12.1 Å². The fourth-order valence-electron chi connectivity index (χ4n) is 4.69. The zero-order valence-electron chi connectivity index (χ0n) is 20.5. The van der Waals surface area contributed by atoms with Gasteiger partial charge in [0.05, 0.1) is 4.90 Å². The lowest BCUT2D eigenvalue weighted by molar-refractivity contribution is -0.156. The number of sulfone groups is 1. The van der Waals surface area contributed by atoms with Crippen LogP contribution in [0, 0.1) is 11.7 Å². The molecule has 3 rings (SSSR count). The number of esters is 1. The molecule has 34 heavy (non-hydrogen) atoms. The second kappa shape index (κ2) is 9.40. The predicted octanol–water partition coefficient (Wildman–Crippen LogP) is 6.62. The predicted molar refractivity (Wildman–Crippen MR) is 128 cm³/mol. The van der Waals surface area contributed by atoms with Crippen molar-refractivity contribution in [1.29, 1.82) is 0 Å². The highest BCUT2D eigenvalue weighted by Crippen LogP contribution is 2.49. The van der Waals surface area contributed by atoms with Crippen LogP contribution in [0.1, 0.15) is 77.8 Å². The van der Waals surface area contributed by atoms with Crippen LogP contribution in [-0.2, 0) is 29.8 Å². The summed E-state index contributed by atoms with van der Waals surface area (Å²) in [5.41, 5.74) is -1.08. The third-order valence-electron chi connectivity index (χ3n) is 6.52. The highest BCUT2D eigenvalue weighted by Gasteiger charge is 2.48. The minimum atomic E-state index is -3.90. The van der Waals surface area contributed by atoms with Gasteiger partial charge in [0.1, 0.15) is 21.8 Å². The Labute approximate surface area is 201 Å². The van der Waals surface area contributed by atoms with Crippen molar-refractivity contribution in [1.82, 2.24) is 0 Å². The summed E-state index contributed by atoms with van der Waals surface area (Å²) in [6, 6.07) is 11.5. The van der Waals surface area contributed by atoms with Crippen LogP contribution < -0.4 is 0 Å². The molecule has 0 radical (unpaired) electrons. The lowest BCUT2D eigenvalue weighted by Gasteiger charge is -2.40. The number of benzene rings is 2. The summed E-state index contributed by atoms with van der Waals surface area (Å²) in [7, 11) is -3.90. The molecule has 0 unspecified atom stereocenters. The van der Waals surface area contributed by atoms with E-state index in [1.807, 2.05) is 20.8 Å². The molecule has 2 aromatic carbocycles. The van der Waals surface area contributed by atoms with Crippen LogP contribution in [0.4, 0.5) is 8.78 Å². The normalized spacial score (nSPS) is 21.8. The van der Waals surface area contributed by atoms with Gasteiger partial charge >= 0.3 is 5.97 Å². The van der Waals surface area contributed by atoms with Crippen molar-refractivity contribution < 1.29 is 26.7 Å². The molecule has 1 fully saturated rings. The largest absolute Gasteiger partial charge is 0.460 e. The van der Waals surface area contributed by atoms with Gasteiger partial charge < -0.3 is 4.74 Å². The first-order valence-electron chi connectivity index (χ1n) is 11.7. The lowest BCUT2D eigenvalue weighted by atomic mass is 9.76. The van der Waals surface area contributed by atoms with Gasteiger partial charge in [0.15, 0.2) is 9.84 Å². The van der Waals surface area contributed by atoms with Crippen molar-refractivity contribution in [3.63, 3.8) is 0 Å². The molecule has 1 aliphatic rings. The molecular weight excluding hydrogens is 458 g/mol. The van der Waals surface area contributed by atoms with Crippen LogP contribution in [0.2, 0.25) is 0 Å². The molecule has 0 bridgehead atoms. The van der Waals surface area contributed by atoms with E-state index in [1.54, 1.807) is 24.3 Å². The standard InChI is InChI=1S/C27H34F2O4S/c1-25(2,3)33-24(30)18-19-14-16-27(17-15-19,21-8-6-20(7-9-21)26(4,5)29)34(31,32)23-12-10-22(28)11-13-23/h6-13,19H,14-18H2,1-5H3. The van der Waals surface area contributed by atoms with Gasteiger partial charge in [-0.3, -0.25) is 4.79 Å². The molecule has 0 atom stereocenters. The lowest BCUT2D eigenvalue weighted by Crippen LogP contribution is -2.40. The number of carbonyl (C=O) groups excluding carboxylic acids is 1. The van der Waals surface area contributed by atoms with E-state index in [0.29, 0.717) is 36.8 Å². The van der Waals surface area contributed by atoms with E-state index in [-0.39, 0.29) is 23.2 Å². The Bertz CT molecular complexity index is 1100. The molecular formula is C27H34F2O4S. The summed E-state index contributed by atoms with van der Waals surface area (Å²) in [6.07, 6.45) is 1.89. The summed E-state index contributed by atoms with van der Waals surface area (Å²) in [5, 5.41) is 0. The smallest absolute Gasteiger partial charge is 0.306 e. The molecule has 0 aromatic heterocycles. The van der Waals surface area contributed by atoms with E-state index >= 15 is 0 Å². The molecule has 0 aliphatic heterocycles. The van der Waals surface area contributed by atoms with Crippen LogP contribution in [-0.4, -0.2) is 20.0 Å². The molecule has 0 amide bonds. The Morgan fingerprint density at radius 2 is 1.50 bits per heavy atom. The number of carbonyl (C=O) groups is 1. The van der Waals surface area contributed by atoms with Gasteiger partial charge in [-0.2, -0.15) is 0 Å². The number of hydrogen-bond acceptors (Lipinski definition) is 4. The summed E-state index contributed by atoms with van der Waals surface area (Å²) in [5.74, 6) is -0.792. The topological polar surface area (TPSA) is 60.4 Å². The first-order valence-corrected chi connectivity index (χ1v) is 13.1. The molecule has 0 N–H and O–H groups in total. The Hall–Kier alpha value is -2.28. The number of alkyl halides is 1. The zero-order chi connectivity index (χ0) is 25.4. The highest BCUT2D eigenvalue weighted by molar-refractivity contribution is 7.92. The average Bonchev–Trinajstić information content (AvgIpc) is 2.72. The van der Waals surface area contributed by atoms with Crippen LogP contribution in [0.5, 0.6) is 0 Å². The molecule has 4 nitrogen and oxygen atoms in total. The van der Waals surface area contributed by atoms with Gasteiger partial charge in [-0.1, -0.05) is 24.3 Å². The maximum absolute atomic E-state index is 14.4. The number of halogens is 2. The van der Waals surface area contributed by atoms with Crippen LogP contribution in [0.25, 0.3) is 0 Å². The minimum absolute atomic E-state index is 0.00967. The van der Waals surface area contributed by atoms with Gasteiger partial charge in [0.2, 0.25) is 0 Å². The number of rotatable bonds is 6. The van der Waals surface area contributed by atoms with E-state index < -0.39 is 31.7 Å². The molecule has 186 valence electrons. The van der Waals surface area contributed by atoms with Crippen LogP contribution >= 0.6 is 0 Å². The van der Waals surface area contributed by atoms with Gasteiger partial charge in [-0.05, 0) is 102 Å². The van der Waals surface area contributed by atoms with E-state index in [9.17, 15) is 22.0 Å². The van der Waals surface area contributed by atoms with Crippen molar-refractivity contribution in [3.8, 4) is 0 Å². The van der Waals surface area contributed by atoms with Crippen molar-refractivity contribution in [2.24, 2.45) is 5.92 Å². The van der Waals surface area contributed by atoms with Gasteiger partial charge in [-0.15, -0.1) is 0 Å². The molecule has 1 saturated carbocycles. The highest BCUT2D eigenvalue weighted by atomic mass is 32.2. The maximum atomic E-state index is 14.4. The molecule has 0 heterocycles. The van der Waals surface area contributed by atoms with Gasteiger partial charge in [0.25, 0.3) is 0 Å². The summed E-state index contributed by atoms with van der Waals surface area (Å²) in [4.78, 5) is 12.4. The zero-order valence-corrected chi connectivity index (χ0v) is 21.3. The Kier molecular flexibility index (Phi) is 7.28. The molecule has 0 saturated heterocycles. The Balaban J connectivity index is 1.95. The van der Waals surface area contributed by atoms with Gasteiger partial charge in [-0.25, -0.2) is 17.2 Å². The molecule has 7 heteroatoms. The first-order chi connectivity index (χ1) is 15.6. The second-order valence-electron chi connectivity index (χ2n) is 10.7. The molecule has 0 spiro atoms. The van der Waals surface area contributed by atoms with Gasteiger partial charge in [0, 0.05) is 6.42 Å².